The zero-order valence-electron chi connectivity index (χ0n) is 15.9. The third-order valence-electron chi connectivity index (χ3n) is 6.62. The van der Waals surface area contributed by atoms with Crippen LogP contribution in [-0.4, -0.2) is 40.6 Å². The number of unbranched alkanes of at least 4 members (excludes halogenated alkanes) is 1. The molecule has 3 amide bonds. The molecule has 1 aromatic rings. The molecule has 2 fully saturated rings. The summed E-state index contributed by atoms with van der Waals surface area (Å²) in [5.41, 5.74) is 0.955. The van der Waals surface area contributed by atoms with Gasteiger partial charge in [0.05, 0.1) is 17.4 Å². The largest absolute Gasteiger partial charge is 0.324 e. The number of nitrogens with zero attached hydrogens (tertiary/aromatic N) is 2. The summed E-state index contributed by atoms with van der Waals surface area (Å²) in [5, 5.41) is 0. The molecule has 0 unspecified atom stereocenters. The molecule has 0 saturated carbocycles. The fourth-order valence-corrected chi connectivity index (χ4v) is 5.62. The smallest absolute Gasteiger partial charge is 0.255 e. The molecule has 138 valence electrons. The third-order valence-corrected chi connectivity index (χ3v) is 6.62. The molecule has 0 spiro atoms. The highest BCUT2D eigenvalue weighted by Gasteiger charge is 2.72. The van der Waals surface area contributed by atoms with Gasteiger partial charge in [0.1, 0.15) is 0 Å². The van der Waals surface area contributed by atoms with Crippen LogP contribution in [0.15, 0.2) is 24.3 Å². The molecule has 0 aliphatic carbocycles. The monoisotopic (exact) mass is 354 g/mol. The van der Waals surface area contributed by atoms with Crippen molar-refractivity contribution in [2.75, 3.05) is 7.05 Å². The van der Waals surface area contributed by atoms with Crippen LogP contribution in [0.2, 0.25) is 0 Å². The number of carbonyl (C=O) groups is 3. The van der Waals surface area contributed by atoms with E-state index in [9.17, 15) is 14.4 Å². The van der Waals surface area contributed by atoms with E-state index in [0.29, 0.717) is 5.56 Å². The van der Waals surface area contributed by atoms with Crippen molar-refractivity contribution >= 4 is 17.7 Å². The number of amides is 3. The van der Waals surface area contributed by atoms with E-state index in [2.05, 4.69) is 6.92 Å². The van der Waals surface area contributed by atoms with Crippen LogP contribution >= 0.6 is 0 Å². The lowest BCUT2D eigenvalue weighted by Gasteiger charge is -2.40. The van der Waals surface area contributed by atoms with E-state index in [-0.39, 0.29) is 29.7 Å². The summed E-state index contributed by atoms with van der Waals surface area (Å²) in [6, 6.07) is 7.42. The topological polar surface area (TPSA) is 57.7 Å². The lowest BCUT2D eigenvalue weighted by Crippen LogP contribution is -2.50. The normalized spacial score (nSPS) is 32.5. The van der Waals surface area contributed by atoms with Crippen molar-refractivity contribution in [3.63, 3.8) is 0 Å². The van der Waals surface area contributed by atoms with Gasteiger partial charge in [0.25, 0.3) is 5.91 Å². The fraction of sp³-hybridized carbons (Fsp3) is 0.571. The van der Waals surface area contributed by atoms with Crippen molar-refractivity contribution in [3.8, 4) is 0 Å². The van der Waals surface area contributed by atoms with Crippen molar-refractivity contribution in [2.24, 2.45) is 17.8 Å². The Morgan fingerprint density at radius 1 is 1.12 bits per heavy atom. The van der Waals surface area contributed by atoms with Crippen molar-refractivity contribution in [1.29, 1.82) is 0 Å². The van der Waals surface area contributed by atoms with Gasteiger partial charge in [-0.2, -0.15) is 0 Å². The van der Waals surface area contributed by atoms with Crippen LogP contribution in [0.3, 0.4) is 0 Å². The summed E-state index contributed by atoms with van der Waals surface area (Å²) >= 11 is 0. The average molecular weight is 354 g/mol. The minimum atomic E-state index is -0.680. The zero-order chi connectivity index (χ0) is 18.8. The van der Waals surface area contributed by atoms with Crippen LogP contribution in [-0.2, 0) is 15.1 Å². The number of likely N-dealkylation sites (tertiary alicyclic amines) is 1. The highest BCUT2D eigenvalue weighted by molar-refractivity contribution is 6.10. The highest BCUT2D eigenvalue weighted by Crippen LogP contribution is 2.61. The third kappa shape index (κ3) is 1.84. The van der Waals surface area contributed by atoms with Gasteiger partial charge in [-0.1, -0.05) is 51.8 Å². The van der Waals surface area contributed by atoms with E-state index in [4.69, 9.17) is 0 Å². The van der Waals surface area contributed by atoms with Gasteiger partial charge in [-0.15, -0.1) is 0 Å². The second kappa shape index (κ2) is 5.66. The summed E-state index contributed by atoms with van der Waals surface area (Å²) in [6.45, 7) is 6.21. The number of imide groups is 1. The Balaban J connectivity index is 2.00. The molecule has 5 nitrogen and oxygen atoms in total. The Labute approximate surface area is 154 Å². The van der Waals surface area contributed by atoms with Crippen LogP contribution in [0.25, 0.3) is 0 Å². The molecule has 4 rings (SSSR count). The summed E-state index contributed by atoms with van der Waals surface area (Å²) < 4.78 is 0. The highest BCUT2D eigenvalue weighted by atomic mass is 16.2. The van der Waals surface area contributed by atoms with Crippen molar-refractivity contribution in [2.45, 2.75) is 51.6 Å². The summed E-state index contributed by atoms with van der Waals surface area (Å²) in [4.78, 5) is 42.7. The molecule has 2 saturated heterocycles. The molecule has 0 aromatic heterocycles. The number of hydrogen-bond donors (Lipinski definition) is 0. The van der Waals surface area contributed by atoms with E-state index >= 15 is 0 Å². The Kier molecular flexibility index (Phi) is 3.76. The number of fused-ring (bicyclic) bond motifs is 5. The maximum Gasteiger partial charge on any atom is 0.255 e. The summed E-state index contributed by atoms with van der Waals surface area (Å²) in [7, 11) is 1.58. The number of hydrogen-bond acceptors (Lipinski definition) is 3. The predicted octanol–water partition coefficient (Wildman–Crippen LogP) is 2.80. The van der Waals surface area contributed by atoms with Crippen molar-refractivity contribution in [3.05, 3.63) is 35.4 Å². The standard InChI is InChI=1S/C21H26N2O3/c1-5-6-11-21-14-10-8-7-9-13(14)18(24)23(21)17(12(2)3)15-16(21)20(26)22(4)19(15)25/h7-10,12,15-17H,5-6,11H2,1-4H3/t15-,16-,17-,21+/m0/s1. The van der Waals surface area contributed by atoms with Gasteiger partial charge in [0.15, 0.2) is 0 Å². The molecule has 4 atom stereocenters. The van der Waals surface area contributed by atoms with Gasteiger partial charge in [0, 0.05) is 18.7 Å². The maximum atomic E-state index is 13.4. The first-order valence-corrected chi connectivity index (χ1v) is 9.62. The van der Waals surface area contributed by atoms with Crippen molar-refractivity contribution < 1.29 is 14.4 Å². The van der Waals surface area contributed by atoms with E-state index in [0.717, 1.165) is 24.8 Å². The molecule has 3 aliphatic heterocycles. The average Bonchev–Trinajstić information content (AvgIpc) is 3.15. The molecule has 3 aliphatic rings. The Bertz CT molecular complexity index is 802. The summed E-state index contributed by atoms with van der Waals surface area (Å²) in [6.07, 6.45) is 2.62. The molecule has 0 bridgehead atoms. The SMILES string of the molecule is CCCC[C@]12c3ccccc3C(=O)N1[C@@H](C(C)C)[C@H]1C(=O)N(C)C(=O)[C@H]12. The molecule has 3 heterocycles. The molecule has 5 heteroatoms. The molecular weight excluding hydrogens is 328 g/mol. The van der Waals surface area contributed by atoms with Gasteiger partial charge in [-0.05, 0) is 24.0 Å². The van der Waals surface area contributed by atoms with E-state index < -0.39 is 17.4 Å². The predicted molar refractivity (Wildman–Crippen MR) is 97.2 cm³/mol. The number of carbonyl (C=O) groups excluding carboxylic acids is 3. The lowest BCUT2D eigenvalue weighted by atomic mass is 9.72. The van der Waals surface area contributed by atoms with Gasteiger partial charge in [-0.25, -0.2) is 0 Å². The maximum absolute atomic E-state index is 13.4. The first kappa shape index (κ1) is 17.3. The first-order chi connectivity index (χ1) is 12.4. The molecular formula is C21H26N2O3. The second-order valence-corrected chi connectivity index (χ2v) is 8.22. The van der Waals surface area contributed by atoms with Gasteiger partial charge in [-0.3, -0.25) is 19.3 Å². The van der Waals surface area contributed by atoms with Gasteiger partial charge >= 0.3 is 0 Å². The van der Waals surface area contributed by atoms with Crippen LogP contribution < -0.4 is 0 Å². The van der Waals surface area contributed by atoms with E-state index in [1.54, 1.807) is 7.05 Å². The van der Waals surface area contributed by atoms with Gasteiger partial charge < -0.3 is 4.90 Å². The molecule has 0 N–H and O–H groups in total. The summed E-state index contributed by atoms with van der Waals surface area (Å²) in [5.74, 6) is -1.07. The quantitative estimate of drug-likeness (QED) is 0.781. The van der Waals surface area contributed by atoms with Crippen LogP contribution in [0, 0.1) is 17.8 Å². The molecule has 1 aromatic carbocycles. The Morgan fingerprint density at radius 3 is 2.46 bits per heavy atom. The van der Waals surface area contributed by atoms with Crippen molar-refractivity contribution in [1.82, 2.24) is 9.80 Å². The zero-order valence-corrected chi connectivity index (χ0v) is 15.9. The Hall–Kier alpha value is -2.17. The minimum absolute atomic E-state index is 0.0203. The molecule has 0 radical (unpaired) electrons. The van der Waals surface area contributed by atoms with Crippen LogP contribution in [0.4, 0.5) is 0 Å². The Morgan fingerprint density at radius 2 is 1.81 bits per heavy atom. The number of benzene rings is 1. The van der Waals surface area contributed by atoms with E-state index in [1.807, 2.05) is 43.0 Å². The van der Waals surface area contributed by atoms with Crippen LogP contribution in [0.1, 0.15) is 56.0 Å². The first-order valence-electron chi connectivity index (χ1n) is 9.62. The number of rotatable bonds is 4. The lowest BCUT2D eigenvalue weighted by molar-refractivity contribution is -0.140. The fourth-order valence-electron chi connectivity index (χ4n) is 5.62. The van der Waals surface area contributed by atoms with E-state index in [1.165, 1.54) is 4.90 Å². The molecule has 26 heavy (non-hydrogen) atoms. The van der Waals surface area contributed by atoms with Crippen LogP contribution in [0.5, 0.6) is 0 Å². The second-order valence-electron chi connectivity index (χ2n) is 8.22. The minimum Gasteiger partial charge on any atom is -0.324 e. The van der Waals surface area contributed by atoms with Gasteiger partial charge in [0.2, 0.25) is 11.8 Å².